The number of rotatable bonds is 4. The molecule has 2 aromatic rings. The van der Waals surface area contributed by atoms with E-state index in [-0.39, 0.29) is 12.4 Å². The Kier molecular flexibility index (Phi) is 5.18. The molecule has 0 aromatic heterocycles. The average Bonchev–Trinajstić information content (AvgIpc) is 2.36. The summed E-state index contributed by atoms with van der Waals surface area (Å²) in [4.78, 5) is 0. The van der Waals surface area contributed by atoms with Crippen LogP contribution in [0.4, 0.5) is 4.39 Å². The van der Waals surface area contributed by atoms with Gasteiger partial charge in [-0.15, -0.1) is 0 Å². The first-order valence-electron chi connectivity index (χ1n) is 6.01. The zero-order chi connectivity index (χ0) is 14.7. The van der Waals surface area contributed by atoms with Gasteiger partial charge in [-0.05, 0) is 48.9 Å². The Balaban J connectivity index is 2.18. The van der Waals surface area contributed by atoms with Crippen LogP contribution in [-0.2, 0) is 6.61 Å². The molecular weight excluding hydrogens is 391 g/mol. The van der Waals surface area contributed by atoms with Gasteiger partial charge in [0.25, 0.3) is 0 Å². The fraction of sp³-hybridized carbons (Fsp3) is 0.200. The lowest BCUT2D eigenvalue weighted by molar-refractivity contribution is 0.190. The maximum Gasteiger partial charge on any atom is 0.125 e. The summed E-state index contributed by atoms with van der Waals surface area (Å²) in [6, 6.07) is 10.0. The molecule has 106 valence electrons. The summed E-state index contributed by atoms with van der Waals surface area (Å²) in [5, 5.41) is 9.75. The maximum atomic E-state index is 13.3. The zero-order valence-electron chi connectivity index (χ0n) is 10.7. The van der Waals surface area contributed by atoms with Crippen molar-refractivity contribution in [2.75, 3.05) is 0 Å². The number of benzene rings is 2. The fourth-order valence-corrected chi connectivity index (χ4v) is 2.72. The van der Waals surface area contributed by atoms with Gasteiger partial charge in [0, 0.05) is 14.5 Å². The van der Waals surface area contributed by atoms with E-state index in [1.807, 2.05) is 12.1 Å². The van der Waals surface area contributed by atoms with E-state index in [1.165, 1.54) is 12.1 Å². The minimum absolute atomic E-state index is 0.234. The highest BCUT2D eigenvalue weighted by Crippen LogP contribution is 2.29. The summed E-state index contributed by atoms with van der Waals surface area (Å²) in [5.41, 5.74) is 1.41. The van der Waals surface area contributed by atoms with Crippen LogP contribution in [0, 0.1) is 5.82 Å². The quantitative estimate of drug-likeness (QED) is 0.779. The molecule has 2 rings (SSSR count). The van der Waals surface area contributed by atoms with E-state index >= 15 is 0 Å². The third kappa shape index (κ3) is 4.04. The van der Waals surface area contributed by atoms with Gasteiger partial charge in [-0.2, -0.15) is 0 Å². The van der Waals surface area contributed by atoms with Crippen LogP contribution in [0.3, 0.4) is 0 Å². The third-order valence-electron chi connectivity index (χ3n) is 2.74. The van der Waals surface area contributed by atoms with Crippen LogP contribution in [-0.4, -0.2) is 5.11 Å². The van der Waals surface area contributed by atoms with Gasteiger partial charge in [0.15, 0.2) is 0 Å². The maximum absolute atomic E-state index is 13.3. The van der Waals surface area contributed by atoms with Crippen molar-refractivity contribution in [3.05, 3.63) is 62.3 Å². The molecule has 2 nitrogen and oxygen atoms in total. The number of hydrogen-bond acceptors (Lipinski definition) is 2. The molecule has 0 saturated carbocycles. The van der Waals surface area contributed by atoms with E-state index in [0.717, 1.165) is 10.0 Å². The molecule has 5 heteroatoms. The molecule has 0 aliphatic carbocycles. The van der Waals surface area contributed by atoms with Gasteiger partial charge in [-0.3, -0.25) is 0 Å². The standard InChI is InChI=1S/C15H13Br2FO2/c1-9(19)14-7-11(16)2-3-15(14)20-8-10-4-12(17)6-13(18)5-10/h2-7,9,19H,8H2,1H3. The van der Waals surface area contributed by atoms with E-state index in [0.29, 0.717) is 15.8 Å². The summed E-state index contributed by atoms with van der Waals surface area (Å²) < 4.78 is 20.5. The molecule has 0 radical (unpaired) electrons. The second-order valence-electron chi connectivity index (χ2n) is 4.42. The van der Waals surface area contributed by atoms with Gasteiger partial charge < -0.3 is 9.84 Å². The van der Waals surface area contributed by atoms with Crippen molar-refractivity contribution in [1.29, 1.82) is 0 Å². The molecule has 0 heterocycles. The number of aliphatic hydroxyl groups is 1. The van der Waals surface area contributed by atoms with Gasteiger partial charge >= 0.3 is 0 Å². The monoisotopic (exact) mass is 402 g/mol. The van der Waals surface area contributed by atoms with E-state index < -0.39 is 6.10 Å². The molecule has 2 aromatic carbocycles. The Morgan fingerprint density at radius 3 is 2.55 bits per heavy atom. The second kappa shape index (κ2) is 6.70. The van der Waals surface area contributed by atoms with Gasteiger partial charge in [0.2, 0.25) is 0 Å². The number of hydrogen-bond donors (Lipinski definition) is 1. The fourth-order valence-electron chi connectivity index (χ4n) is 1.83. The first kappa shape index (κ1) is 15.5. The van der Waals surface area contributed by atoms with Gasteiger partial charge in [-0.1, -0.05) is 31.9 Å². The molecule has 0 aliphatic heterocycles. The van der Waals surface area contributed by atoms with E-state index in [4.69, 9.17) is 4.74 Å². The Morgan fingerprint density at radius 2 is 1.90 bits per heavy atom. The SMILES string of the molecule is CC(O)c1cc(Br)ccc1OCc1cc(F)cc(Br)c1. The van der Waals surface area contributed by atoms with Gasteiger partial charge in [-0.25, -0.2) is 4.39 Å². The Bertz CT molecular complexity index is 595. The van der Waals surface area contributed by atoms with Crippen molar-refractivity contribution in [1.82, 2.24) is 0 Å². The molecule has 0 fully saturated rings. The lowest BCUT2D eigenvalue weighted by Crippen LogP contribution is -2.01. The first-order chi connectivity index (χ1) is 9.45. The highest BCUT2D eigenvalue weighted by molar-refractivity contribution is 9.10. The summed E-state index contributed by atoms with van der Waals surface area (Å²) in [5.74, 6) is 0.271. The third-order valence-corrected chi connectivity index (χ3v) is 3.69. The predicted molar refractivity (Wildman–Crippen MR) is 83.2 cm³/mol. The van der Waals surface area contributed by atoms with Crippen LogP contribution in [0.5, 0.6) is 5.75 Å². The molecule has 0 aliphatic rings. The first-order valence-corrected chi connectivity index (χ1v) is 7.59. The summed E-state index contributed by atoms with van der Waals surface area (Å²) >= 11 is 6.60. The largest absolute Gasteiger partial charge is 0.489 e. The van der Waals surface area contributed by atoms with Crippen molar-refractivity contribution in [2.24, 2.45) is 0 Å². The van der Waals surface area contributed by atoms with Crippen LogP contribution in [0.25, 0.3) is 0 Å². The summed E-state index contributed by atoms with van der Waals surface area (Å²) in [6.07, 6.45) is -0.637. The molecule has 1 N–H and O–H groups in total. The number of halogens is 3. The topological polar surface area (TPSA) is 29.5 Å². The molecule has 1 atom stereocenters. The highest BCUT2D eigenvalue weighted by Gasteiger charge is 2.10. The molecule has 20 heavy (non-hydrogen) atoms. The highest BCUT2D eigenvalue weighted by atomic mass is 79.9. The average molecular weight is 404 g/mol. The normalized spacial score (nSPS) is 12.2. The minimum atomic E-state index is -0.637. The van der Waals surface area contributed by atoms with E-state index in [9.17, 15) is 9.50 Å². The van der Waals surface area contributed by atoms with Crippen molar-refractivity contribution >= 4 is 31.9 Å². The minimum Gasteiger partial charge on any atom is -0.489 e. The van der Waals surface area contributed by atoms with E-state index in [1.54, 1.807) is 19.1 Å². The van der Waals surface area contributed by atoms with Crippen molar-refractivity contribution in [3.63, 3.8) is 0 Å². The predicted octanol–water partition coefficient (Wildman–Crippen LogP) is 4.98. The number of aliphatic hydroxyl groups excluding tert-OH is 1. The second-order valence-corrected chi connectivity index (χ2v) is 6.26. The number of ether oxygens (including phenoxy) is 1. The Morgan fingerprint density at radius 1 is 1.15 bits per heavy atom. The molecule has 0 spiro atoms. The van der Waals surface area contributed by atoms with Crippen molar-refractivity contribution in [3.8, 4) is 5.75 Å². The molecule has 1 unspecified atom stereocenters. The smallest absolute Gasteiger partial charge is 0.125 e. The van der Waals surface area contributed by atoms with Crippen LogP contribution in [0.2, 0.25) is 0 Å². The van der Waals surface area contributed by atoms with Crippen molar-refractivity contribution < 1.29 is 14.2 Å². The van der Waals surface area contributed by atoms with Crippen LogP contribution < -0.4 is 4.74 Å². The van der Waals surface area contributed by atoms with Gasteiger partial charge in [0.1, 0.15) is 18.2 Å². The lowest BCUT2D eigenvalue weighted by atomic mass is 10.1. The van der Waals surface area contributed by atoms with E-state index in [2.05, 4.69) is 31.9 Å². The Labute approximate surface area is 133 Å². The lowest BCUT2D eigenvalue weighted by Gasteiger charge is -2.14. The molecule has 0 bridgehead atoms. The molecular formula is C15H13Br2FO2. The van der Waals surface area contributed by atoms with Crippen molar-refractivity contribution in [2.45, 2.75) is 19.6 Å². The molecule has 0 amide bonds. The van der Waals surface area contributed by atoms with Gasteiger partial charge in [0.05, 0.1) is 6.10 Å². The summed E-state index contributed by atoms with van der Waals surface area (Å²) in [7, 11) is 0. The zero-order valence-corrected chi connectivity index (χ0v) is 13.9. The molecule has 0 saturated heterocycles. The Hall–Kier alpha value is -0.910. The van der Waals surface area contributed by atoms with Crippen LogP contribution in [0.15, 0.2) is 45.3 Å². The van der Waals surface area contributed by atoms with Crippen LogP contribution >= 0.6 is 31.9 Å². The summed E-state index contributed by atoms with van der Waals surface area (Å²) in [6.45, 7) is 1.91. The van der Waals surface area contributed by atoms with Crippen LogP contribution in [0.1, 0.15) is 24.2 Å².